The van der Waals surface area contributed by atoms with Crippen LogP contribution in [0.4, 0.5) is 5.82 Å². The van der Waals surface area contributed by atoms with Gasteiger partial charge in [-0.05, 0) is 32.0 Å². The molecule has 0 radical (unpaired) electrons. The summed E-state index contributed by atoms with van der Waals surface area (Å²) in [6.07, 6.45) is 0. The normalized spacial score (nSPS) is 11.2. The third kappa shape index (κ3) is 4.25. The lowest BCUT2D eigenvalue weighted by molar-refractivity contribution is -0.113. The quantitative estimate of drug-likeness (QED) is 0.490. The summed E-state index contributed by atoms with van der Waals surface area (Å²) >= 11 is 7.19. The smallest absolute Gasteiger partial charge is 0.253 e. The largest absolute Gasteiger partial charge is 0.310 e. The number of aryl methyl sites for hydroxylation is 3. The van der Waals surface area contributed by atoms with Gasteiger partial charge in [0, 0.05) is 35.1 Å². The van der Waals surface area contributed by atoms with Crippen LogP contribution in [0.1, 0.15) is 11.4 Å². The first-order valence-corrected chi connectivity index (χ1v) is 10.2. The van der Waals surface area contributed by atoms with Crippen molar-refractivity contribution in [3.05, 3.63) is 52.8 Å². The zero-order chi connectivity index (χ0) is 20.5. The number of hydrogen-bond donors (Lipinski definition) is 1. The molecule has 0 bridgehead atoms. The summed E-state index contributed by atoms with van der Waals surface area (Å²) in [5.41, 5.74) is 3.50. The van der Waals surface area contributed by atoms with Crippen molar-refractivity contribution in [2.45, 2.75) is 19.0 Å². The summed E-state index contributed by atoms with van der Waals surface area (Å²) < 4.78 is 3.30. The van der Waals surface area contributed by atoms with Gasteiger partial charge < -0.3 is 5.32 Å². The zero-order valence-corrected chi connectivity index (χ0v) is 17.6. The van der Waals surface area contributed by atoms with Gasteiger partial charge in [0.25, 0.3) is 5.78 Å². The molecule has 0 saturated heterocycles. The van der Waals surface area contributed by atoms with Crippen molar-refractivity contribution in [2.75, 3.05) is 11.1 Å². The second-order valence-corrected chi connectivity index (χ2v) is 7.91. The lowest BCUT2D eigenvalue weighted by atomic mass is 10.1. The second-order valence-electron chi connectivity index (χ2n) is 6.53. The Morgan fingerprint density at radius 2 is 1.90 bits per heavy atom. The number of halogens is 1. The SMILES string of the molecule is Cc1cc(C)n2nc(SCC(=O)Nc3cc(-c4ccc(Cl)cc4)nn3C)nc2n1. The van der Waals surface area contributed by atoms with Gasteiger partial charge in [0.2, 0.25) is 11.1 Å². The van der Waals surface area contributed by atoms with Crippen LogP contribution in [0.3, 0.4) is 0 Å². The van der Waals surface area contributed by atoms with Gasteiger partial charge in [0.1, 0.15) is 5.82 Å². The molecule has 4 rings (SSSR count). The molecule has 1 aromatic carbocycles. The van der Waals surface area contributed by atoms with Crippen LogP contribution in [0.2, 0.25) is 5.02 Å². The van der Waals surface area contributed by atoms with Crippen LogP contribution in [-0.2, 0) is 11.8 Å². The molecule has 29 heavy (non-hydrogen) atoms. The number of amides is 1. The summed E-state index contributed by atoms with van der Waals surface area (Å²) in [6.45, 7) is 3.85. The molecule has 0 aliphatic carbocycles. The Morgan fingerprint density at radius 3 is 2.66 bits per heavy atom. The fourth-order valence-electron chi connectivity index (χ4n) is 2.86. The van der Waals surface area contributed by atoms with Crippen LogP contribution in [0.25, 0.3) is 17.0 Å². The maximum Gasteiger partial charge on any atom is 0.253 e. The lowest BCUT2D eigenvalue weighted by Gasteiger charge is -2.03. The van der Waals surface area contributed by atoms with E-state index in [9.17, 15) is 4.79 Å². The minimum atomic E-state index is -0.166. The Kier molecular flexibility index (Phi) is 5.25. The van der Waals surface area contributed by atoms with E-state index in [0.29, 0.717) is 21.8 Å². The van der Waals surface area contributed by atoms with E-state index in [4.69, 9.17) is 11.6 Å². The predicted molar refractivity (Wildman–Crippen MR) is 113 cm³/mol. The number of benzene rings is 1. The van der Waals surface area contributed by atoms with E-state index < -0.39 is 0 Å². The summed E-state index contributed by atoms with van der Waals surface area (Å²) in [5, 5.41) is 12.9. The summed E-state index contributed by atoms with van der Waals surface area (Å²) in [7, 11) is 1.78. The van der Waals surface area contributed by atoms with Crippen molar-refractivity contribution in [2.24, 2.45) is 7.05 Å². The van der Waals surface area contributed by atoms with E-state index in [1.807, 2.05) is 38.1 Å². The Balaban J connectivity index is 1.42. The van der Waals surface area contributed by atoms with Gasteiger partial charge in [-0.2, -0.15) is 10.1 Å². The van der Waals surface area contributed by atoms with E-state index >= 15 is 0 Å². The molecule has 8 nitrogen and oxygen atoms in total. The third-order valence-corrected chi connectivity index (χ3v) is 5.31. The van der Waals surface area contributed by atoms with Crippen molar-refractivity contribution < 1.29 is 4.79 Å². The fraction of sp³-hybridized carbons (Fsp3) is 0.211. The first-order valence-electron chi connectivity index (χ1n) is 8.83. The van der Waals surface area contributed by atoms with Gasteiger partial charge in [0.05, 0.1) is 11.4 Å². The summed E-state index contributed by atoms with van der Waals surface area (Å²) in [4.78, 5) is 21.1. The highest BCUT2D eigenvalue weighted by atomic mass is 35.5. The van der Waals surface area contributed by atoms with Gasteiger partial charge in [-0.1, -0.05) is 35.5 Å². The van der Waals surface area contributed by atoms with Crippen LogP contribution in [0.15, 0.2) is 41.6 Å². The fourth-order valence-corrected chi connectivity index (χ4v) is 3.61. The molecule has 1 amide bonds. The Bertz CT molecular complexity index is 1200. The highest BCUT2D eigenvalue weighted by Crippen LogP contribution is 2.23. The van der Waals surface area contributed by atoms with E-state index in [1.54, 1.807) is 28.4 Å². The summed E-state index contributed by atoms with van der Waals surface area (Å²) in [5.74, 6) is 1.15. The number of anilines is 1. The Morgan fingerprint density at radius 1 is 1.14 bits per heavy atom. The Labute approximate surface area is 176 Å². The molecule has 0 unspecified atom stereocenters. The van der Waals surface area contributed by atoms with Gasteiger partial charge >= 0.3 is 0 Å². The van der Waals surface area contributed by atoms with Crippen LogP contribution in [0, 0.1) is 13.8 Å². The second kappa shape index (κ2) is 7.84. The molecule has 0 atom stereocenters. The van der Waals surface area contributed by atoms with Crippen molar-refractivity contribution in [3.63, 3.8) is 0 Å². The number of aromatic nitrogens is 6. The van der Waals surface area contributed by atoms with Gasteiger partial charge in [-0.3, -0.25) is 9.48 Å². The molecule has 0 aliphatic heterocycles. The number of thioether (sulfide) groups is 1. The van der Waals surface area contributed by atoms with Crippen molar-refractivity contribution in [3.8, 4) is 11.3 Å². The van der Waals surface area contributed by atoms with Crippen LogP contribution in [0.5, 0.6) is 0 Å². The zero-order valence-electron chi connectivity index (χ0n) is 16.0. The molecule has 0 spiro atoms. The number of hydrogen-bond acceptors (Lipinski definition) is 6. The maximum absolute atomic E-state index is 12.4. The molecule has 0 fully saturated rings. The van der Waals surface area contributed by atoms with Gasteiger partial charge in [0.15, 0.2) is 0 Å². The average Bonchev–Trinajstić information content (AvgIpc) is 3.24. The topological polar surface area (TPSA) is 90.0 Å². The molecule has 148 valence electrons. The highest BCUT2D eigenvalue weighted by molar-refractivity contribution is 7.99. The highest BCUT2D eigenvalue weighted by Gasteiger charge is 2.13. The number of carbonyl (C=O) groups excluding carboxylic acids is 1. The van der Waals surface area contributed by atoms with E-state index in [1.165, 1.54) is 11.8 Å². The molecular weight excluding hydrogens is 410 g/mol. The minimum Gasteiger partial charge on any atom is -0.310 e. The van der Waals surface area contributed by atoms with E-state index in [-0.39, 0.29) is 11.7 Å². The number of nitrogens with zero attached hydrogens (tertiary/aromatic N) is 6. The molecule has 0 aliphatic rings. The molecule has 4 aromatic rings. The maximum atomic E-state index is 12.4. The standard InChI is InChI=1S/C19H18ClN7OS/c1-11-8-12(2)27-18(21-11)23-19(25-27)29-10-17(28)22-16-9-15(24-26(16)3)13-4-6-14(20)7-5-13/h4-9H,10H2,1-3H3,(H,22,28). The molecule has 3 aromatic heterocycles. The number of fused-ring (bicyclic) bond motifs is 1. The lowest BCUT2D eigenvalue weighted by Crippen LogP contribution is -2.16. The van der Waals surface area contributed by atoms with Gasteiger partial charge in [-0.25, -0.2) is 9.50 Å². The van der Waals surface area contributed by atoms with E-state index in [2.05, 4.69) is 25.5 Å². The number of nitrogens with one attached hydrogen (secondary N) is 1. The molecule has 10 heteroatoms. The molecule has 0 saturated carbocycles. The monoisotopic (exact) mass is 427 g/mol. The minimum absolute atomic E-state index is 0.166. The third-order valence-electron chi connectivity index (χ3n) is 4.22. The van der Waals surface area contributed by atoms with Crippen molar-refractivity contribution in [1.82, 2.24) is 29.4 Å². The van der Waals surface area contributed by atoms with Crippen molar-refractivity contribution in [1.29, 1.82) is 0 Å². The summed E-state index contributed by atoms with van der Waals surface area (Å²) in [6, 6.07) is 11.1. The molecule has 3 heterocycles. The number of carbonyl (C=O) groups is 1. The molecule has 1 N–H and O–H groups in total. The number of rotatable bonds is 5. The van der Waals surface area contributed by atoms with E-state index in [0.717, 1.165) is 22.6 Å². The predicted octanol–water partition coefficient (Wildman–Crippen LogP) is 3.53. The van der Waals surface area contributed by atoms with Crippen LogP contribution in [-0.4, -0.2) is 41.0 Å². The Hall–Kier alpha value is -2.91. The van der Waals surface area contributed by atoms with Crippen molar-refractivity contribution >= 4 is 40.9 Å². The van der Waals surface area contributed by atoms with Crippen LogP contribution < -0.4 is 5.32 Å². The molecular formula is C19H18ClN7OS. The average molecular weight is 428 g/mol. The van der Waals surface area contributed by atoms with Crippen LogP contribution >= 0.6 is 23.4 Å². The first kappa shape index (κ1) is 19.4. The first-order chi connectivity index (χ1) is 13.9. The van der Waals surface area contributed by atoms with Gasteiger partial charge in [-0.15, -0.1) is 5.10 Å².